The Hall–Kier alpha value is -5.72. The van der Waals surface area contributed by atoms with Gasteiger partial charge in [-0.05, 0) is 121 Å². The minimum Gasteiger partial charge on any atom is -0.308 e. The van der Waals surface area contributed by atoms with Gasteiger partial charge < -0.3 is 9.13 Å². The summed E-state index contributed by atoms with van der Waals surface area (Å²) in [6, 6.07) is 60.8. The van der Waals surface area contributed by atoms with Gasteiger partial charge in [0.25, 0.3) is 0 Å². The number of nitrogens with zero attached hydrogens (tertiary/aromatic N) is 2. The third-order valence-electron chi connectivity index (χ3n) is 12.4. The van der Waals surface area contributed by atoms with E-state index in [2.05, 4.69) is 195 Å². The van der Waals surface area contributed by atoms with Gasteiger partial charge in [0.15, 0.2) is 8.07 Å². The van der Waals surface area contributed by atoms with Crippen molar-refractivity contribution in [3.05, 3.63) is 180 Å². The van der Waals surface area contributed by atoms with E-state index < -0.39 is 8.07 Å². The largest absolute Gasteiger partial charge is 0.308 e. The van der Waals surface area contributed by atoms with E-state index in [1.54, 1.807) is 0 Å². The van der Waals surface area contributed by atoms with Gasteiger partial charge in [-0.1, -0.05) is 131 Å². The first-order valence-electron chi connectivity index (χ1n) is 19.8. The zero-order chi connectivity index (χ0) is 38.2. The van der Waals surface area contributed by atoms with Crippen LogP contribution >= 0.6 is 23.5 Å². The second kappa shape index (κ2) is 12.1. The fourth-order valence-corrected chi connectivity index (χ4v) is 19.6. The molecule has 0 saturated heterocycles. The number of benzene rings is 8. The summed E-state index contributed by atoms with van der Waals surface area (Å²) in [5, 5.41) is 11.1. The highest BCUT2D eigenvalue weighted by Crippen LogP contribution is 2.47. The molecule has 8 aromatic carbocycles. The van der Waals surface area contributed by atoms with Gasteiger partial charge in [0.2, 0.25) is 0 Å². The van der Waals surface area contributed by atoms with E-state index in [0.29, 0.717) is 0 Å². The summed E-state index contributed by atoms with van der Waals surface area (Å²) in [6.45, 7) is 8.82. The van der Waals surface area contributed by atoms with Crippen LogP contribution in [-0.4, -0.2) is 17.2 Å². The Morgan fingerprint density at radius 3 is 1.18 bits per heavy atom. The molecular formula is C52H38N2S2Si. The summed E-state index contributed by atoms with van der Waals surface area (Å²) in [5.41, 5.74) is 12.7. The summed E-state index contributed by atoms with van der Waals surface area (Å²) in [7, 11) is -2.91. The quantitative estimate of drug-likeness (QED) is 0.165. The molecule has 4 heterocycles. The number of fused-ring (bicyclic) bond motifs is 10. The topological polar surface area (TPSA) is 9.86 Å². The minimum atomic E-state index is -2.91. The van der Waals surface area contributed by atoms with E-state index in [9.17, 15) is 0 Å². The molecule has 2 aliphatic heterocycles. The zero-order valence-electron chi connectivity index (χ0n) is 32.2. The Labute approximate surface area is 341 Å². The summed E-state index contributed by atoms with van der Waals surface area (Å²) < 4.78 is 5.10. The minimum absolute atomic E-state index is 1.25. The van der Waals surface area contributed by atoms with Crippen molar-refractivity contribution in [1.82, 2.24) is 9.13 Å². The molecule has 2 aliphatic rings. The fourth-order valence-electron chi connectivity index (χ4n) is 10.1. The highest BCUT2D eigenvalue weighted by Gasteiger charge is 2.52. The van der Waals surface area contributed by atoms with Gasteiger partial charge in [-0.15, -0.1) is 0 Å². The van der Waals surface area contributed by atoms with Gasteiger partial charge >= 0.3 is 0 Å². The molecule has 2 aromatic heterocycles. The molecule has 0 atom stereocenters. The molecule has 12 rings (SSSR count). The predicted octanol–water partition coefficient (Wildman–Crippen LogP) is 11.4. The molecule has 0 aliphatic carbocycles. The van der Waals surface area contributed by atoms with E-state index in [0.717, 1.165) is 0 Å². The van der Waals surface area contributed by atoms with Crippen LogP contribution in [-0.2, 0) is 0 Å². The number of rotatable bonds is 3. The number of aromatic nitrogens is 2. The van der Waals surface area contributed by atoms with Crippen LogP contribution in [0.2, 0.25) is 0 Å². The van der Waals surface area contributed by atoms with Gasteiger partial charge in [0.1, 0.15) is 0 Å². The molecule has 0 radical (unpaired) electrons. The van der Waals surface area contributed by atoms with Gasteiger partial charge in [-0.3, -0.25) is 0 Å². The molecule has 57 heavy (non-hydrogen) atoms. The van der Waals surface area contributed by atoms with Gasteiger partial charge in [0.05, 0.1) is 33.4 Å². The fraction of sp³-hybridized carbons (Fsp3) is 0.0769. The summed E-state index contributed by atoms with van der Waals surface area (Å²) in [5.74, 6) is 0. The molecule has 0 bridgehead atoms. The lowest BCUT2D eigenvalue weighted by Gasteiger charge is -2.45. The van der Waals surface area contributed by atoms with Crippen LogP contribution < -0.4 is 20.7 Å². The SMILES string of the molecule is Cc1ccc2c(c1)c1cc(C)ccc1n2-c1cccc2c1Sc1cccc3c1[Si]2(c1ccccc1)c1cccc(-n2c4ccc(C)cc4c4cc(C)ccc42)c1S3. The number of hydrogen-bond donors (Lipinski definition) is 0. The van der Waals surface area contributed by atoms with Crippen LogP contribution in [0.25, 0.3) is 55.0 Å². The van der Waals surface area contributed by atoms with Crippen LogP contribution in [0.5, 0.6) is 0 Å². The third kappa shape index (κ3) is 4.56. The van der Waals surface area contributed by atoms with Crippen LogP contribution in [0.3, 0.4) is 0 Å². The average Bonchev–Trinajstić information content (AvgIpc) is 3.71. The van der Waals surface area contributed by atoms with Crippen molar-refractivity contribution in [2.24, 2.45) is 0 Å². The Balaban J connectivity index is 1.22. The van der Waals surface area contributed by atoms with Crippen molar-refractivity contribution in [2.45, 2.75) is 47.3 Å². The van der Waals surface area contributed by atoms with Crippen molar-refractivity contribution in [3.8, 4) is 11.4 Å². The molecule has 2 nitrogen and oxygen atoms in total. The highest BCUT2D eigenvalue weighted by atomic mass is 32.2. The molecule has 272 valence electrons. The molecule has 0 saturated carbocycles. The van der Waals surface area contributed by atoms with E-state index in [4.69, 9.17) is 0 Å². The Kier molecular flexibility index (Phi) is 7.12. The maximum absolute atomic E-state index is 2.91. The highest BCUT2D eigenvalue weighted by molar-refractivity contribution is 8.01. The molecule has 5 heteroatoms. The Morgan fingerprint density at radius 1 is 0.386 bits per heavy atom. The standard InChI is InChI=1S/C52H38N2S2Si/c1-31-19-23-40-36(27-31)37-28-32(2)20-24-41(37)53(40)44-13-8-17-48-50(44)55-46-15-10-16-47-52(46)57(48,35-11-6-5-7-12-35)49-18-9-14-45(51(49)56-47)54-42-25-21-33(3)29-38(42)39-30-34(4)22-26-43(39)54/h5-30H,1-4H3. The average molecular weight is 783 g/mol. The Morgan fingerprint density at radius 2 is 0.772 bits per heavy atom. The first kappa shape index (κ1) is 33.4. The maximum Gasteiger partial charge on any atom is 0.184 e. The van der Waals surface area contributed by atoms with E-state index >= 15 is 0 Å². The summed E-state index contributed by atoms with van der Waals surface area (Å²) in [4.78, 5) is 5.48. The van der Waals surface area contributed by atoms with Crippen LogP contribution in [0.1, 0.15) is 22.3 Å². The lowest BCUT2D eigenvalue weighted by atomic mass is 10.1. The molecule has 0 fully saturated rings. The van der Waals surface area contributed by atoms with E-state index in [-0.39, 0.29) is 0 Å². The van der Waals surface area contributed by atoms with Gasteiger partial charge in [0, 0.05) is 41.1 Å². The van der Waals surface area contributed by atoms with Gasteiger partial charge in [-0.2, -0.15) is 0 Å². The first-order chi connectivity index (χ1) is 27.9. The van der Waals surface area contributed by atoms with E-state index in [1.165, 1.54) is 118 Å². The molecule has 0 spiro atoms. The van der Waals surface area contributed by atoms with Crippen LogP contribution in [0.4, 0.5) is 0 Å². The molecule has 0 N–H and O–H groups in total. The van der Waals surface area contributed by atoms with Crippen molar-refractivity contribution < 1.29 is 0 Å². The monoisotopic (exact) mass is 782 g/mol. The Bertz CT molecular complexity index is 3040. The molecule has 0 unspecified atom stereocenters. The molecule has 0 amide bonds. The van der Waals surface area contributed by atoms with Gasteiger partial charge in [-0.25, -0.2) is 0 Å². The molecular weight excluding hydrogens is 745 g/mol. The van der Waals surface area contributed by atoms with Crippen molar-refractivity contribution in [1.29, 1.82) is 0 Å². The third-order valence-corrected chi connectivity index (χ3v) is 20.5. The summed E-state index contributed by atoms with van der Waals surface area (Å²) >= 11 is 3.94. The first-order valence-corrected chi connectivity index (χ1v) is 23.4. The second-order valence-corrected chi connectivity index (χ2v) is 21.8. The van der Waals surface area contributed by atoms with Crippen molar-refractivity contribution in [2.75, 3.05) is 0 Å². The van der Waals surface area contributed by atoms with Crippen LogP contribution in [0.15, 0.2) is 177 Å². The zero-order valence-corrected chi connectivity index (χ0v) is 34.9. The normalized spacial score (nSPS) is 14.0. The number of hydrogen-bond acceptors (Lipinski definition) is 2. The predicted molar refractivity (Wildman–Crippen MR) is 246 cm³/mol. The van der Waals surface area contributed by atoms with Crippen molar-refractivity contribution in [3.63, 3.8) is 0 Å². The maximum atomic E-state index is 2.55. The summed E-state index contributed by atoms with van der Waals surface area (Å²) in [6.07, 6.45) is 0. The lowest BCUT2D eigenvalue weighted by Crippen LogP contribution is -2.78. The van der Waals surface area contributed by atoms with E-state index in [1.807, 2.05) is 23.5 Å². The van der Waals surface area contributed by atoms with Crippen LogP contribution in [0, 0.1) is 27.7 Å². The second-order valence-electron chi connectivity index (χ2n) is 16.0. The molecule has 10 aromatic rings. The van der Waals surface area contributed by atoms with Crippen molar-refractivity contribution >= 4 is 96.0 Å². The number of aryl methyl sites for hydroxylation is 4. The smallest absolute Gasteiger partial charge is 0.184 e. The lowest BCUT2D eigenvalue weighted by molar-refractivity contribution is 1.12.